The first-order valence-corrected chi connectivity index (χ1v) is 11.9. The maximum atomic E-state index is 13.1. The molecule has 7 heteroatoms. The molecule has 0 aliphatic heterocycles. The summed E-state index contributed by atoms with van der Waals surface area (Å²) in [4.78, 5) is 13.1. The van der Waals surface area contributed by atoms with Crippen LogP contribution < -0.4 is 14.8 Å². The van der Waals surface area contributed by atoms with Crippen molar-refractivity contribution in [3.8, 4) is 5.75 Å². The summed E-state index contributed by atoms with van der Waals surface area (Å²) in [5, 5.41) is 2.81. The molecule has 32 heavy (non-hydrogen) atoms. The molecule has 3 aromatic rings. The lowest BCUT2D eigenvalue weighted by atomic mass is 10.1. The number of hydrogen-bond acceptors (Lipinski definition) is 4. The van der Waals surface area contributed by atoms with Crippen molar-refractivity contribution in [2.45, 2.75) is 38.1 Å². The first kappa shape index (κ1) is 23.5. The summed E-state index contributed by atoms with van der Waals surface area (Å²) in [6, 6.07) is 20.3. The normalized spacial score (nSPS) is 12.2. The van der Waals surface area contributed by atoms with Gasteiger partial charge in [-0.1, -0.05) is 48.0 Å². The number of carbonyl (C=O) groups excluding carboxylic acids is 1. The number of carbonyl (C=O) groups is 1. The van der Waals surface area contributed by atoms with Crippen molar-refractivity contribution < 1.29 is 17.9 Å². The summed E-state index contributed by atoms with van der Waals surface area (Å²) < 4.78 is 34.3. The molecule has 0 saturated heterocycles. The molecular formula is C25H28N2O4S. The van der Waals surface area contributed by atoms with Gasteiger partial charge in [-0.2, -0.15) is 4.72 Å². The Hall–Kier alpha value is -3.16. The summed E-state index contributed by atoms with van der Waals surface area (Å²) in [6.45, 7) is 6.10. The molecule has 0 bridgehead atoms. The average molecular weight is 453 g/mol. The van der Waals surface area contributed by atoms with E-state index in [1.807, 2.05) is 56.3 Å². The fourth-order valence-corrected chi connectivity index (χ4v) is 4.55. The largest absolute Gasteiger partial charge is 0.494 e. The smallest absolute Gasteiger partial charge is 0.242 e. The fraction of sp³-hybridized carbons (Fsp3) is 0.240. The molecule has 3 rings (SSSR count). The summed E-state index contributed by atoms with van der Waals surface area (Å²) in [7, 11) is -3.94. The van der Waals surface area contributed by atoms with Crippen LogP contribution in [0.3, 0.4) is 0 Å². The van der Waals surface area contributed by atoms with Crippen LogP contribution in [0.5, 0.6) is 5.75 Å². The number of hydrogen-bond donors (Lipinski definition) is 2. The van der Waals surface area contributed by atoms with Crippen molar-refractivity contribution in [1.29, 1.82) is 0 Å². The Balaban J connectivity index is 1.86. The van der Waals surface area contributed by atoms with Crippen molar-refractivity contribution in [2.75, 3.05) is 11.9 Å². The second kappa shape index (κ2) is 10.4. The monoisotopic (exact) mass is 452 g/mol. The van der Waals surface area contributed by atoms with Gasteiger partial charge in [0.25, 0.3) is 0 Å². The standard InChI is InChI=1S/C25H28N2O4S/c1-4-31-24-15-14-22(16-19(24)3)32(29,30)27-23(17-20-8-6-5-7-9-20)25(28)26-21-12-10-18(2)11-13-21/h5-16,23,27H,4,17H2,1-3H3,(H,26,28)/t23-/m0/s1. The lowest BCUT2D eigenvalue weighted by Gasteiger charge is -2.19. The van der Waals surface area contributed by atoms with Gasteiger partial charge < -0.3 is 10.1 Å². The molecule has 2 N–H and O–H groups in total. The molecule has 0 fully saturated rings. The van der Waals surface area contributed by atoms with Crippen LogP contribution in [0, 0.1) is 13.8 Å². The van der Waals surface area contributed by atoms with E-state index in [9.17, 15) is 13.2 Å². The number of ether oxygens (including phenoxy) is 1. The van der Waals surface area contributed by atoms with Crippen molar-refractivity contribution in [3.05, 3.63) is 89.5 Å². The molecule has 0 saturated carbocycles. The summed E-state index contributed by atoms with van der Waals surface area (Å²) in [5.41, 5.74) is 3.23. The first-order chi connectivity index (χ1) is 15.3. The van der Waals surface area contributed by atoms with Crippen LogP contribution >= 0.6 is 0 Å². The van der Waals surface area contributed by atoms with Crippen LogP contribution in [0.1, 0.15) is 23.6 Å². The van der Waals surface area contributed by atoms with Crippen molar-refractivity contribution >= 4 is 21.6 Å². The van der Waals surface area contributed by atoms with Crippen LogP contribution in [-0.2, 0) is 21.2 Å². The fourth-order valence-electron chi connectivity index (χ4n) is 3.27. The van der Waals surface area contributed by atoms with E-state index in [1.165, 1.54) is 6.07 Å². The van der Waals surface area contributed by atoms with Crippen LogP contribution in [0.15, 0.2) is 77.7 Å². The SMILES string of the molecule is CCOc1ccc(S(=O)(=O)N[C@@H](Cc2ccccc2)C(=O)Nc2ccc(C)cc2)cc1C. The Morgan fingerprint density at radius 1 is 0.969 bits per heavy atom. The van der Waals surface area contributed by atoms with Gasteiger partial charge in [-0.25, -0.2) is 8.42 Å². The van der Waals surface area contributed by atoms with Gasteiger partial charge in [0.1, 0.15) is 11.8 Å². The Labute approximate surface area is 189 Å². The predicted molar refractivity (Wildman–Crippen MR) is 126 cm³/mol. The number of benzene rings is 3. The second-order valence-corrected chi connectivity index (χ2v) is 9.29. The minimum absolute atomic E-state index is 0.0830. The number of rotatable bonds is 9. The number of aryl methyl sites for hydroxylation is 2. The van der Waals surface area contributed by atoms with Gasteiger partial charge in [0.15, 0.2) is 0 Å². The van der Waals surface area contributed by atoms with E-state index in [0.717, 1.165) is 11.1 Å². The summed E-state index contributed by atoms with van der Waals surface area (Å²) >= 11 is 0. The Morgan fingerprint density at radius 3 is 2.28 bits per heavy atom. The number of anilines is 1. The van der Waals surface area contributed by atoms with Crippen LogP contribution in [0.2, 0.25) is 0 Å². The summed E-state index contributed by atoms with van der Waals surface area (Å²) in [6.07, 6.45) is 0.216. The highest BCUT2D eigenvalue weighted by Gasteiger charge is 2.26. The zero-order valence-corrected chi connectivity index (χ0v) is 19.3. The molecule has 0 aromatic heterocycles. The van der Waals surface area contributed by atoms with E-state index in [0.29, 0.717) is 23.6 Å². The maximum absolute atomic E-state index is 13.1. The second-order valence-electron chi connectivity index (χ2n) is 7.58. The van der Waals surface area contributed by atoms with Gasteiger partial charge in [0.05, 0.1) is 11.5 Å². The third-order valence-electron chi connectivity index (χ3n) is 4.97. The van der Waals surface area contributed by atoms with Gasteiger partial charge in [-0.15, -0.1) is 0 Å². The van der Waals surface area contributed by atoms with Gasteiger partial charge in [-0.05, 0) is 68.7 Å². The lowest BCUT2D eigenvalue weighted by Crippen LogP contribution is -2.45. The zero-order valence-electron chi connectivity index (χ0n) is 18.5. The molecule has 0 aliphatic rings. The van der Waals surface area contributed by atoms with E-state index >= 15 is 0 Å². The molecule has 0 radical (unpaired) electrons. The van der Waals surface area contributed by atoms with E-state index in [4.69, 9.17) is 4.74 Å². The number of sulfonamides is 1. The van der Waals surface area contributed by atoms with Crippen molar-refractivity contribution in [2.24, 2.45) is 0 Å². The Kier molecular flexibility index (Phi) is 7.66. The molecule has 0 unspecified atom stereocenters. The number of amides is 1. The highest BCUT2D eigenvalue weighted by molar-refractivity contribution is 7.89. The highest BCUT2D eigenvalue weighted by atomic mass is 32.2. The quantitative estimate of drug-likeness (QED) is 0.509. The first-order valence-electron chi connectivity index (χ1n) is 10.5. The molecule has 0 aliphatic carbocycles. The molecule has 1 atom stereocenters. The van der Waals surface area contributed by atoms with Crippen LogP contribution in [0.25, 0.3) is 0 Å². The Bertz CT molecular complexity index is 1160. The van der Waals surface area contributed by atoms with E-state index < -0.39 is 22.0 Å². The topological polar surface area (TPSA) is 84.5 Å². The third kappa shape index (κ3) is 6.18. The van der Waals surface area contributed by atoms with Crippen molar-refractivity contribution in [3.63, 3.8) is 0 Å². The maximum Gasteiger partial charge on any atom is 0.242 e. The third-order valence-corrected chi connectivity index (χ3v) is 6.44. The molecule has 0 spiro atoms. The lowest BCUT2D eigenvalue weighted by molar-refractivity contribution is -0.117. The van der Waals surface area contributed by atoms with E-state index in [2.05, 4.69) is 10.0 Å². The van der Waals surface area contributed by atoms with E-state index in [1.54, 1.807) is 31.2 Å². The summed E-state index contributed by atoms with van der Waals surface area (Å²) in [5.74, 6) is 0.202. The predicted octanol–water partition coefficient (Wildman–Crippen LogP) is 4.23. The average Bonchev–Trinajstić information content (AvgIpc) is 2.77. The van der Waals surface area contributed by atoms with Gasteiger partial charge in [0.2, 0.25) is 15.9 Å². The number of nitrogens with one attached hydrogen (secondary N) is 2. The Morgan fingerprint density at radius 2 is 1.66 bits per heavy atom. The van der Waals surface area contributed by atoms with Crippen LogP contribution in [0.4, 0.5) is 5.69 Å². The van der Waals surface area contributed by atoms with Crippen LogP contribution in [-0.4, -0.2) is 27.0 Å². The molecule has 3 aromatic carbocycles. The molecule has 168 valence electrons. The van der Waals surface area contributed by atoms with Gasteiger partial charge in [-0.3, -0.25) is 4.79 Å². The zero-order chi connectivity index (χ0) is 23.1. The van der Waals surface area contributed by atoms with Gasteiger partial charge in [0, 0.05) is 5.69 Å². The van der Waals surface area contributed by atoms with Gasteiger partial charge >= 0.3 is 0 Å². The molecule has 6 nitrogen and oxygen atoms in total. The van der Waals surface area contributed by atoms with E-state index in [-0.39, 0.29) is 11.3 Å². The highest BCUT2D eigenvalue weighted by Crippen LogP contribution is 2.22. The molecular weight excluding hydrogens is 424 g/mol. The molecule has 1 amide bonds. The molecule has 0 heterocycles. The minimum atomic E-state index is -3.94. The van der Waals surface area contributed by atoms with Crippen molar-refractivity contribution in [1.82, 2.24) is 4.72 Å². The minimum Gasteiger partial charge on any atom is -0.494 e.